The molecular weight excluding hydrogens is 440 g/mol. The molecule has 0 bridgehead atoms. The lowest BCUT2D eigenvalue weighted by Gasteiger charge is -2.33. The maximum Gasteiger partial charge on any atom is 0.239 e. The summed E-state index contributed by atoms with van der Waals surface area (Å²) in [6.07, 6.45) is 3.50. The third-order valence-corrected chi connectivity index (χ3v) is 6.31. The third-order valence-electron chi connectivity index (χ3n) is 6.31. The van der Waals surface area contributed by atoms with E-state index in [9.17, 15) is 4.79 Å². The highest BCUT2D eigenvalue weighted by molar-refractivity contribution is 5.88. The molecule has 5 rings (SSSR count). The van der Waals surface area contributed by atoms with Crippen LogP contribution in [0.15, 0.2) is 61.1 Å². The Labute approximate surface area is 204 Å². The molecule has 1 unspecified atom stereocenters. The van der Waals surface area contributed by atoms with Gasteiger partial charge in [0.05, 0.1) is 11.1 Å². The average molecular weight is 471 g/mol. The maximum atomic E-state index is 12.9. The monoisotopic (exact) mass is 470 g/mol. The van der Waals surface area contributed by atoms with Crippen molar-refractivity contribution in [3.63, 3.8) is 0 Å². The summed E-state index contributed by atoms with van der Waals surface area (Å²) in [4.78, 5) is 26.1. The van der Waals surface area contributed by atoms with Gasteiger partial charge in [-0.2, -0.15) is 0 Å². The zero-order valence-corrected chi connectivity index (χ0v) is 20.3. The second-order valence-corrected chi connectivity index (χ2v) is 9.08. The van der Waals surface area contributed by atoms with Crippen LogP contribution < -0.4 is 20.4 Å². The van der Waals surface area contributed by atoms with Crippen molar-refractivity contribution in [1.29, 1.82) is 0 Å². The molecule has 1 saturated heterocycles. The predicted molar refractivity (Wildman–Crippen MR) is 138 cm³/mol. The molecule has 1 aliphatic rings. The molecule has 0 saturated carbocycles. The molecule has 0 aliphatic carbocycles. The van der Waals surface area contributed by atoms with E-state index in [0.717, 1.165) is 34.7 Å². The van der Waals surface area contributed by atoms with Crippen LogP contribution in [0.5, 0.6) is 0 Å². The number of aryl methyl sites for hydroxylation is 1. The first-order valence-electron chi connectivity index (χ1n) is 11.8. The van der Waals surface area contributed by atoms with Crippen LogP contribution in [0.3, 0.4) is 0 Å². The Kier molecular flexibility index (Phi) is 6.33. The maximum absolute atomic E-state index is 12.9. The Morgan fingerprint density at radius 3 is 2.63 bits per heavy atom. The number of amides is 1. The SMILES string of the molecule is Cc1ccc(-n2cc3c(N4CCNC(C(=O)NCc5ccc(N(C)C)cc5)C4)ncnc3n2)cc1. The molecular formula is C26H30N8O. The number of rotatable bonds is 6. The number of anilines is 2. The van der Waals surface area contributed by atoms with Gasteiger partial charge in [0.1, 0.15) is 18.2 Å². The largest absolute Gasteiger partial charge is 0.378 e. The molecule has 1 atom stereocenters. The van der Waals surface area contributed by atoms with E-state index in [1.54, 1.807) is 6.33 Å². The van der Waals surface area contributed by atoms with Crippen molar-refractivity contribution in [2.75, 3.05) is 43.5 Å². The summed E-state index contributed by atoms with van der Waals surface area (Å²) in [6.45, 7) is 4.51. The predicted octanol–water partition coefficient (Wildman–Crippen LogP) is 2.28. The summed E-state index contributed by atoms with van der Waals surface area (Å²) in [5, 5.41) is 11.9. The van der Waals surface area contributed by atoms with Gasteiger partial charge in [0, 0.05) is 52.2 Å². The number of fused-ring (bicyclic) bond motifs is 1. The summed E-state index contributed by atoms with van der Waals surface area (Å²) in [6, 6.07) is 16.1. The molecule has 0 radical (unpaired) electrons. The van der Waals surface area contributed by atoms with Crippen LogP contribution in [0.2, 0.25) is 0 Å². The fourth-order valence-electron chi connectivity index (χ4n) is 4.25. The van der Waals surface area contributed by atoms with E-state index in [4.69, 9.17) is 0 Å². The molecule has 35 heavy (non-hydrogen) atoms. The molecule has 180 valence electrons. The lowest BCUT2D eigenvalue weighted by molar-refractivity contribution is -0.123. The lowest BCUT2D eigenvalue weighted by atomic mass is 10.1. The summed E-state index contributed by atoms with van der Waals surface area (Å²) in [7, 11) is 4.02. The van der Waals surface area contributed by atoms with Gasteiger partial charge in [0.2, 0.25) is 5.91 Å². The summed E-state index contributed by atoms with van der Waals surface area (Å²) < 4.78 is 1.83. The van der Waals surface area contributed by atoms with Crippen molar-refractivity contribution in [2.24, 2.45) is 0 Å². The first kappa shape index (κ1) is 22.8. The molecule has 1 amide bonds. The number of hydrogen-bond acceptors (Lipinski definition) is 7. The van der Waals surface area contributed by atoms with Gasteiger partial charge < -0.3 is 20.4 Å². The summed E-state index contributed by atoms with van der Waals surface area (Å²) in [5.41, 5.74) is 5.00. The Bertz CT molecular complexity index is 1310. The zero-order valence-electron chi connectivity index (χ0n) is 20.3. The van der Waals surface area contributed by atoms with Gasteiger partial charge in [-0.1, -0.05) is 29.8 Å². The normalized spacial score (nSPS) is 15.9. The van der Waals surface area contributed by atoms with Crippen molar-refractivity contribution < 1.29 is 4.79 Å². The van der Waals surface area contributed by atoms with Gasteiger partial charge in [-0.25, -0.2) is 14.6 Å². The van der Waals surface area contributed by atoms with Gasteiger partial charge in [0.25, 0.3) is 0 Å². The third kappa shape index (κ3) is 4.95. The van der Waals surface area contributed by atoms with Crippen LogP contribution in [0, 0.1) is 6.92 Å². The number of aromatic nitrogens is 4. The highest BCUT2D eigenvalue weighted by Crippen LogP contribution is 2.24. The first-order valence-corrected chi connectivity index (χ1v) is 11.8. The summed E-state index contributed by atoms with van der Waals surface area (Å²) in [5.74, 6) is 0.777. The standard InChI is InChI=1S/C26H30N8O/c1-18-4-8-21(9-5-18)34-15-22-24(31-34)29-17-30-25(22)33-13-12-27-23(16-33)26(35)28-14-19-6-10-20(11-7-19)32(2)3/h4-11,15,17,23,27H,12-14,16H2,1-3H3,(H,28,35). The number of carbonyl (C=O) groups is 1. The van der Waals surface area contributed by atoms with E-state index >= 15 is 0 Å². The van der Waals surface area contributed by atoms with Gasteiger partial charge in [-0.15, -0.1) is 5.10 Å². The molecule has 1 fully saturated rings. The van der Waals surface area contributed by atoms with E-state index in [1.165, 1.54) is 5.56 Å². The number of benzene rings is 2. The molecule has 2 aromatic carbocycles. The van der Waals surface area contributed by atoms with E-state index in [0.29, 0.717) is 25.3 Å². The number of piperazine rings is 1. The fraction of sp³-hybridized carbons (Fsp3) is 0.308. The van der Waals surface area contributed by atoms with Crippen LogP contribution in [0.4, 0.5) is 11.5 Å². The van der Waals surface area contributed by atoms with Gasteiger partial charge >= 0.3 is 0 Å². The Balaban J connectivity index is 1.29. The number of nitrogens with one attached hydrogen (secondary N) is 2. The smallest absolute Gasteiger partial charge is 0.239 e. The van der Waals surface area contributed by atoms with E-state index < -0.39 is 0 Å². The zero-order chi connectivity index (χ0) is 24.4. The highest BCUT2D eigenvalue weighted by atomic mass is 16.2. The highest BCUT2D eigenvalue weighted by Gasteiger charge is 2.27. The molecule has 1 aliphatic heterocycles. The topological polar surface area (TPSA) is 91.2 Å². The Hall–Kier alpha value is -3.98. The van der Waals surface area contributed by atoms with Crippen LogP contribution in [-0.2, 0) is 11.3 Å². The van der Waals surface area contributed by atoms with Crippen molar-refractivity contribution in [1.82, 2.24) is 30.4 Å². The lowest BCUT2D eigenvalue weighted by Crippen LogP contribution is -2.57. The molecule has 9 nitrogen and oxygen atoms in total. The molecule has 4 aromatic rings. The molecule has 2 N–H and O–H groups in total. The quantitative estimate of drug-likeness (QED) is 0.447. The number of carbonyl (C=O) groups excluding carboxylic acids is 1. The minimum absolute atomic E-state index is 0.0213. The Morgan fingerprint density at radius 2 is 1.89 bits per heavy atom. The average Bonchev–Trinajstić information content (AvgIpc) is 3.32. The molecule has 3 heterocycles. The van der Waals surface area contributed by atoms with Gasteiger partial charge in [0.15, 0.2) is 5.65 Å². The molecule has 2 aromatic heterocycles. The first-order chi connectivity index (χ1) is 17.0. The van der Waals surface area contributed by atoms with Gasteiger partial charge in [-0.3, -0.25) is 4.79 Å². The molecule has 9 heteroatoms. The minimum atomic E-state index is -0.332. The van der Waals surface area contributed by atoms with Crippen molar-refractivity contribution >= 4 is 28.4 Å². The van der Waals surface area contributed by atoms with Crippen LogP contribution in [0.25, 0.3) is 16.7 Å². The summed E-state index contributed by atoms with van der Waals surface area (Å²) >= 11 is 0. The van der Waals surface area contributed by atoms with Crippen LogP contribution >= 0.6 is 0 Å². The fourth-order valence-corrected chi connectivity index (χ4v) is 4.25. The second-order valence-electron chi connectivity index (χ2n) is 9.08. The second kappa shape index (κ2) is 9.71. The van der Waals surface area contributed by atoms with Crippen molar-refractivity contribution in [2.45, 2.75) is 19.5 Å². The minimum Gasteiger partial charge on any atom is -0.378 e. The van der Waals surface area contributed by atoms with Crippen LogP contribution in [-0.4, -0.2) is 65.4 Å². The molecule has 0 spiro atoms. The van der Waals surface area contributed by atoms with Crippen molar-refractivity contribution in [3.05, 3.63) is 72.2 Å². The number of nitrogens with zero attached hydrogens (tertiary/aromatic N) is 6. The van der Waals surface area contributed by atoms with Crippen molar-refractivity contribution in [3.8, 4) is 5.69 Å². The van der Waals surface area contributed by atoms with E-state index in [1.807, 2.05) is 49.2 Å². The van der Waals surface area contributed by atoms with E-state index in [-0.39, 0.29) is 11.9 Å². The van der Waals surface area contributed by atoms with Crippen LogP contribution in [0.1, 0.15) is 11.1 Å². The van der Waals surface area contributed by atoms with Gasteiger partial charge in [-0.05, 0) is 36.8 Å². The number of hydrogen-bond donors (Lipinski definition) is 2. The Morgan fingerprint density at radius 1 is 1.11 bits per heavy atom. The van der Waals surface area contributed by atoms with E-state index in [2.05, 4.69) is 66.7 Å².